The Bertz CT molecular complexity index is 307. The molecule has 1 aromatic carbocycles. The Morgan fingerprint density at radius 2 is 2.15 bits per heavy atom. The summed E-state index contributed by atoms with van der Waals surface area (Å²) in [6, 6.07) is 5.02. The molecule has 0 saturated carbocycles. The number of halogens is 1. The van der Waals surface area contributed by atoms with Crippen LogP contribution >= 0.6 is 24.2 Å². The smallest absolute Gasteiger partial charge is 0.164 e. The highest BCUT2D eigenvalue weighted by Crippen LogP contribution is 2.16. The van der Waals surface area contributed by atoms with Gasteiger partial charge in [-0.25, -0.2) is 0 Å². The van der Waals surface area contributed by atoms with Gasteiger partial charge in [0.05, 0.1) is 0 Å². The Morgan fingerprint density at radius 3 is 2.69 bits per heavy atom. The zero-order valence-corrected chi connectivity index (χ0v) is 8.61. The molecule has 13 heavy (non-hydrogen) atoms. The van der Waals surface area contributed by atoms with Crippen molar-refractivity contribution in [3.8, 4) is 0 Å². The van der Waals surface area contributed by atoms with Crippen molar-refractivity contribution in [2.45, 2.75) is 11.3 Å². The largest absolute Gasteiger partial charge is 0.399 e. The molecule has 1 aromatic rings. The van der Waals surface area contributed by atoms with Gasteiger partial charge in [0.2, 0.25) is 0 Å². The minimum Gasteiger partial charge on any atom is -0.399 e. The van der Waals surface area contributed by atoms with Gasteiger partial charge in [-0.1, -0.05) is 0 Å². The normalized spacial score (nSPS) is 10.0. The Balaban J connectivity index is 2.94. The number of ketones is 1. The molecule has 0 aromatic heterocycles. The lowest BCUT2D eigenvalue weighted by Gasteiger charge is -2.01. The van der Waals surface area contributed by atoms with Gasteiger partial charge in [-0.05, 0) is 18.2 Å². The van der Waals surface area contributed by atoms with E-state index >= 15 is 0 Å². The second kappa shape index (κ2) is 4.53. The molecular weight excluding hydrogens is 206 g/mol. The van der Waals surface area contributed by atoms with Crippen LogP contribution in [0.1, 0.15) is 16.8 Å². The number of hydrogen-bond acceptors (Lipinski definition) is 3. The molecule has 0 bridgehead atoms. The maximum Gasteiger partial charge on any atom is 0.164 e. The van der Waals surface area contributed by atoms with E-state index in [-0.39, 0.29) is 5.78 Å². The fourth-order valence-electron chi connectivity index (χ4n) is 1.03. The van der Waals surface area contributed by atoms with Crippen molar-refractivity contribution in [3.63, 3.8) is 0 Å². The van der Waals surface area contributed by atoms with Gasteiger partial charge in [0, 0.05) is 28.4 Å². The molecule has 0 amide bonds. The van der Waals surface area contributed by atoms with Crippen LogP contribution < -0.4 is 5.73 Å². The zero-order chi connectivity index (χ0) is 9.84. The van der Waals surface area contributed by atoms with Gasteiger partial charge in [0.15, 0.2) is 5.78 Å². The van der Waals surface area contributed by atoms with E-state index in [1.807, 2.05) is 0 Å². The monoisotopic (exact) mass is 215 g/mol. The first-order chi connectivity index (χ1) is 6.13. The highest BCUT2D eigenvalue weighted by atomic mass is 35.5. The number of carbonyl (C=O) groups is 1. The van der Waals surface area contributed by atoms with Crippen LogP contribution in [0.15, 0.2) is 23.1 Å². The summed E-state index contributed by atoms with van der Waals surface area (Å²) in [6.07, 6.45) is 0.332. The summed E-state index contributed by atoms with van der Waals surface area (Å²) in [6.45, 7) is 0. The number of rotatable bonds is 3. The van der Waals surface area contributed by atoms with Gasteiger partial charge in [-0.2, -0.15) is 0 Å². The molecule has 0 aliphatic heterocycles. The number of alkyl halides is 1. The van der Waals surface area contributed by atoms with Crippen molar-refractivity contribution in [2.75, 3.05) is 11.6 Å². The molecule has 0 aliphatic carbocycles. The molecule has 1 rings (SSSR count). The van der Waals surface area contributed by atoms with Gasteiger partial charge in [0.1, 0.15) is 0 Å². The minimum atomic E-state index is -0.00222. The average Bonchev–Trinajstić information content (AvgIpc) is 2.03. The van der Waals surface area contributed by atoms with Crippen molar-refractivity contribution in [1.82, 2.24) is 0 Å². The molecule has 0 atom stereocenters. The molecule has 2 nitrogen and oxygen atoms in total. The van der Waals surface area contributed by atoms with E-state index < -0.39 is 0 Å². The summed E-state index contributed by atoms with van der Waals surface area (Å²) in [5.41, 5.74) is 6.68. The zero-order valence-electron chi connectivity index (χ0n) is 6.96. The summed E-state index contributed by atoms with van der Waals surface area (Å²) < 4.78 is 0. The van der Waals surface area contributed by atoms with E-state index in [1.54, 1.807) is 18.2 Å². The van der Waals surface area contributed by atoms with Crippen LogP contribution in [0.25, 0.3) is 0 Å². The first kappa shape index (κ1) is 10.4. The summed E-state index contributed by atoms with van der Waals surface area (Å²) in [5, 5.41) is 0. The van der Waals surface area contributed by atoms with Crippen molar-refractivity contribution in [1.29, 1.82) is 0 Å². The van der Waals surface area contributed by atoms with Crippen LogP contribution in [0, 0.1) is 0 Å². The fraction of sp³-hybridized carbons (Fsp3) is 0.222. The first-order valence-corrected chi connectivity index (χ1v) is 4.80. The van der Waals surface area contributed by atoms with Crippen LogP contribution in [0.2, 0.25) is 0 Å². The third-order valence-corrected chi connectivity index (χ3v) is 2.03. The van der Waals surface area contributed by atoms with Gasteiger partial charge in [0.25, 0.3) is 0 Å². The number of Topliss-reactive ketones (excluding diaryl/α,β-unsaturated/α-hetero) is 1. The number of benzene rings is 1. The maximum absolute atomic E-state index is 11.4. The Labute approximate surface area is 87.5 Å². The van der Waals surface area contributed by atoms with Crippen LogP contribution in [0.4, 0.5) is 5.69 Å². The number of anilines is 1. The van der Waals surface area contributed by atoms with Crippen molar-refractivity contribution in [3.05, 3.63) is 23.8 Å². The Kier molecular flexibility index (Phi) is 3.63. The average molecular weight is 216 g/mol. The lowest BCUT2D eigenvalue weighted by Crippen LogP contribution is -2.00. The van der Waals surface area contributed by atoms with E-state index in [1.165, 1.54) is 0 Å². The van der Waals surface area contributed by atoms with Gasteiger partial charge in [-0.3, -0.25) is 4.79 Å². The van der Waals surface area contributed by atoms with Gasteiger partial charge in [-0.15, -0.1) is 24.2 Å². The minimum absolute atomic E-state index is 0.00222. The van der Waals surface area contributed by atoms with Crippen LogP contribution in [0.3, 0.4) is 0 Å². The predicted octanol–water partition coefficient (Wildman–Crippen LogP) is 2.37. The van der Waals surface area contributed by atoms with Crippen LogP contribution in [-0.2, 0) is 0 Å². The molecule has 0 saturated heterocycles. The first-order valence-electron chi connectivity index (χ1n) is 3.82. The molecule has 0 fully saturated rings. The highest BCUT2D eigenvalue weighted by molar-refractivity contribution is 7.80. The van der Waals surface area contributed by atoms with Crippen molar-refractivity contribution >= 4 is 35.7 Å². The molecule has 2 N–H and O–H groups in total. The van der Waals surface area contributed by atoms with E-state index in [4.69, 9.17) is 17.3 Å². The predicted molar refractivity (Wildman–Crippen MR) is 57.8 cm³/mol. The fourth-order valence-corrected chi connectivity index (χ4v) is 1.49. The number of hydrogen-bond donors (Lipinski definition) is 2. The van der Waals surface area contributed by atoms with Gasteiger partial charge < -0.3 is 5.73 Å². The summed E-state index contributed by atoms with van der Waals surface area (Å²) in [4.78, 5) is 12.1. The molecule has 0 heterocycles. The summed E-state index contributed by atoms with van der Waals surface area (Å²) in [7, 11) is 0. The van der Waals surface area contributed by atoms with Gasteiger partial charge >= 0.3 is 0 Å². The Hall–Kier alpha value is -0.670. The second-order valence-electron chi connectivity index (χ2n) is 2.68. The van der Waals surface area contributed by atoms with E-state index in [2.05, 4.69) is 12.6 Å². The topological polar surface area (TPSA) is 43.1 Å². The quantitative estimate of drug-likeness (QED) is 0.352. The number of thiol groups is 1. The van der Waals surface area contributed by atoms with E-state index in [0.29, 0.717) is 28.4 Å². The number of carbonyl (C=O) groups excluding carboxylic acids is 1. The van der Waals surface area contributed by atoms with Crippen molar-refractivity contribution < 1.29 is 4.79 Å². The SMILES string of the molecule is Nc1cc(S)cc(C(=O)CCCl)c1. The third kappa shape index (κ3) is 2.94. The standard InChI is InChI=1S/C9H10ClNOS/c10-2-1-9(12)6-3-7(11)5-8(13)4-6/h3-5,13H,1-2,11H2. The molecule has 0 spiro atoms. The number of nitrogens with two attached hydrogens (primary N) is 1. The van der Waals surface area contributed by atoms with Crippen LogP contribution in [0.5, 0.6) is 0 Å². The van der Waals surface area contributed by atoms with E-state index in [0.717, 1.165) is 0 Å². The molecule has 4 heteroatoms. The molecule has 70 valence electrons. The third-order valence-electron chi connectivity index (χ3n) is 1.58. The summed E-state index contributed by atoms with van der Waals surface area (Å²) >= 11 is 9.58. The Morgan fingerprint density at radius 1 is 1.46 bits per heavy atom. The highest BCUT2D eigenvalue weighted by Gasteiger charge is 2.05. The molecular formula is C9H10ClNOS. The molecule has 0 unspecified atom stereocenters. The summed E-state index contributed by atoms with van der Waals surface area (Å²) in [5.74, 6) is 0.327. The van der Waals surface area contributed by atoms with Crippen LogP contribution in [-0.4, -0.2) is 11.7 Å². The molecule has 0 aliphatic rings. The lowest BCUT2D eigenvalue weighted by atomic mass is 10.1. The van der Waals surface area contributed by atoms with E-state index in [9.17, 15) is 4.79 Å². The maximum atomic E-state index is 11.4. The second-order valence-corrected chi connectivity index (χ2v) is 3.57. The lowest BCUT2D eigenvalue weighted by molar-refractivity contribution is 0.0989. The number of nitrogen functional groups attached to an aromatic ring is 1. The molecule has 0 radical (unpaired) electrons. The van der Waals surface area contributed by atoms with Crippen molar-refractivity contribution in [2.24, 2.45) is 0 Å².